The van der Waals surface area contributed by atoms with Gasteiger partial charge in [0, 0.05) is 0 Å². The topological polar surface area (TPSA) is 35.5 Å². The Labute approximate surface area is 106 Å². The number of esters is 1. The van der Waals surface area contributed by atoms with Crippen molar-refractivity contribution in [2.75, 3.05) is 14.2 Å². The third-order valence-electron chi connectivity index (χ3n) is 2.09. The van der Waals surface area contributed by atoms with Crippen LogP contribution in [0.1, 0.15) is 10.8 Å². The minimum Gasteiger partial charge on any atom is -0.497 e. The Hall–Kier alpha value is -1.37. The highest BCUT2D eigenvalue weighted by Gasteiger charge is 2.37. The summed E-state index contributed by atoms with van der Waals surface area (Å²) in [5.41, 5.74) is -4.30. The van der Waals surface area contributed by atoms with E-state index in [-0.39, 0.29) is 5.56 Å². The summed E-state index contributed by atoms with van der Waals surface area (Å²) in [7, 11) is 2.49. The Bertz CT molecular complexity index is 403. The number of hydrogen-bond donors (Lipinski definition) is 0. The molecule has 7 heteroatoms. The van der Waals surface area contributed by atoms with Gasteiger partial charge in [-0.3, -0.25) is 4.79 Å². The fourth-order valence-corrected chi connectivity index (χ4v) is 2.02. The number of alkyl halides is 3. The maximum absolute atomic E-state index is 12.4. The van der Waals surface area contributed by atoms with E-state index in [2.05, 4.69) is 4.74 Å². The maximum atomic E-state index is 12.4. The van der Waals surface area contributed by atoms with Crippen molar-refractivity contribution in [2.45, 2.75) is 10.8 Å². The van der Waals surface area contributed by atoms with Gasteiger partial charge >= 0.3 is 11.5 Å². The van der Waals surface area contributed by atoms with Gasteiger partial charge in [-0.05, 0) is 29.5 Å². The van der Waals surface area contributed by atoms with Crippen LogP contribution in [0.4, 0.5) is 13.2 Å². The van der Waals surface area contributed by atoms with Gasteiger partial charge in [-0.2, -0.15) is 13.2 Å². The molecule has 3 nitrogen and oxygen atoms in total. The monoisotopic (exact) mass is 280 g/mol. The van der Waals surface area contributed by atoms with Crippen molar-refractivity contribution in [2.24, 2.45) is 0 Å². The van der Waals surface area contributed by atoms with Crippen molar-refractivity contribution in [3.8, 4) is 5.75 Å². The Morgan fingerprint density at radius 1 is 1.22 bits per heavy atom. The van der Waals surface area contributed by atoms with Crippen molar-refractivity contribution in [3.05, 3.63) is 29.8 Å². The van der Waals surface area contributed by atoms with Crippen molar-refractivity contribution in [1.29, 1.82) is 0 Å². The van der Waals surface area contributed by atoms with Crippen LogP contribution < -0.4 is 4.74 Å². The van der Waals surface area contributed by atoms with Crippen molar-refractivity contribution < 1.29 is 27.4 Å². The number of halogens is 3. The Balaban J connectivity index is 2.97. The van der Waals surface area contributed by atoms with E-state index in [1.54, 1.807) is 0 Å². The molecule has 0 amide bonds. The maximum Gasteiger partial charge on any atom is 0.442 e. The van der Waals surface area contributed by atoms with Gasteiger partial charge in [0.2, 0.25) is 0 Å². The number of methoxy groups -OCH3 is 2. The molecule has 0 N–H and O–H groups in total. The second-order valence-electron chi connectivity index (χ2n) is 3.24. The average molecular weight is 280 g/mol. The van der Waals surface area contributed by atoms with E-state index in [0.29, 0.717) is 5.75 Å². The lowest BCUT2D eigenvalue weighted by Gasteiger charge is -2.16. The van der Waals surface area contributed by atoms with Crippen LogP contribution in [-0.2, 0) is 9.53 Å². The first-order valence-corrected chi connectivity index (χ1v) is 5.71. The highest BCUT2D eigenvalue weighted by molar-refractivity contribution is 8.01. The molecule has 1 rings (SSSR count). The molecule has 0 heterocycles. The molecule has 0 radical (unpaired) electrons. The third-order valence-corrected chi connectivity index (χ3v) is 3.05. The predicted octanol–water partition coefficient (Wildman–Crippen LogP) is 3.16. The van der Waals surface area contributed by atoms with Crippen molar-refractivity contribution in [3.63, 3.8) is 0 Å². The quantitative estimate of drug-likeness (QED) is 0.794. The molecule has 1 atom stereocenters. The van der Waals surface area contributed by atoms with Crippen LogP contribution in [0.15, 0.2) is 24.3 Å². The van der Waals surface area contributed by atoms with E-state index in [0.717, 1.165) is 7.11 Å². The molecule has 100 valence electrons. The SMILES string of the molecule is COC(=O)C(SC(F)(F)F)c1ccc(OC)cc1. The fourth-order valence-electron chi connectivity index (χ4n) is 1.27. The van der Waals surface area contributed by atoms with Crippen LogP contribution >= 0.6 is 11.8 Å². The zero-order valence-electron chi connectivity index (χ0n) is 9.65. The number of rotatable bonds is 4. The van der Waals surface area contributed by atoms with Gasteiger partial charge in [-0.15, -0.1) is 0 Å². The Morgan fingerprint density at radius 2 is 1.78 bits per heavy atom. The summed E-state index contributed by atoms with van der Waals surface area (Å²) in [6.45, 7) is 0. The molecular weight excluding hydrogens is 269 g/mol. The van der Waals surface area contributed by atoms with Crippen LogP contribution in [0.3, 0.4) is 0 Å². The fraction of sp³-hybridized carbons (Fsp3) is 0.364. The van der Waals surface area contributed by atoms with E-state index in [9.17, 15) is 18.0 Å². The van der Waals surface area contributed by atoms with Gasteiger partial charge in [0.15, 0.2) is 0 Å². The highest BCUT2D eigenvalue weighted by Crippen LogP contribution is 2.42. The van der Waals surface area contributed by atoms with Crippen LogP contribution in [0.2, 0.25) is 0 Å². The lowest BCUT2D eigenvalue weighted by molar-refractivity contribution is -0.140. The van der Waals surface area contributed by atoms with Crippen LogP contribution in [-0.4, -0.2) is 25.7 Å². The molecule has 1 aromatic rings. The number of hydrogen-bond acceptors (Lipinski definition) is 4. The van der Waals surface area contributed by atoms with Crippen molar-refractivity contribution in [1.82, 2.24) is 0 Å². The molecular formula is C11H11F3O3S. The molecule has 0 aliphatic carbocycles. The van der Waals surface area contributed by atoms with E-state index in [4.69, 9.17) is 4.74 Å². The van der Waals surface area contributed by atoms with Gasteiger partial charge in [0.1, 0.15) is 11.0 Å². The second kappa shape index (κ2) is 5.99. The molecule has 0 aliphatic heterocycles. The van der Waals surface area contributed by atoms with Gasteiger partial charge < -0.3 is 9.47 Å². The molecule has 1 aromatic carbocycles. The summed E-state index contributed by atoms with van der Waals surface area (Å²) in [6, 6.07) is 5.78. The lowest BCUT2D eigenvalue weighted by atomic mass is 10.1. The van der Waals surface area contributed by atoms with Crippen LogP contribution in [0, 0.1) is 0 Å². The lowest BCUT2D eigenvalue weighted by Crippen LogP contribution is -2.16. The molecule has 18 heavy (non-hydrogen) atoms. The second-order valence-corrected chi connectivity index (χ2v) is 4.41. The summed E-state index contributed by atoms with van der Waals surface area (Å²) in [4.78, 5) is 11.4. The zero-order valence-corrected chi connectivity index (χ0v) is 10.5. The standard InChI is InChI=1S/C11H11F3O3S/c1-16-8-5-3-7(4-6-8)9(10(15)17-2)18-11(12,13)14/h3-6,9H,1-2H3. The largest absolute Gasteiger partial charge is 0.497 e. The number of carbonyl (C=O) groups excluding carboxylic acids is 1. The summed E-state index contributed by atoms with van der Waals surface area (Å²) in [6.07, 6.45) is 0. The van der Waals surface area contributed by atoms with Crippen molar-refractivity contribution >= 4 is 17.7 Å². The molecule has 0 aromatic heterocycles. The van der Waals surface area contributed by atoms with E-state index < -0.39 is 28.5 Å². The zero-order chi connectivity index (χ0) is 13.8. The van der Waals surface area contributed by atoms with Gasteiger partial charge in [-0.25, -0.2) is 0 Å². The van der Waals surface area contributed by atoms with E-state index >= 15 is 0 Å². The molecule has 1 unspecified atom stereocenters. The summed E-state index contributed by atoms with van der Waals surface area (Å²) >= 11 is -0.414. The Kier molecular flexibility index (Phi) is 4.89. The number of thioether (sulfide) groups is 1. The average Bonchev–Trinajstić information content (AvgIpc) is 2.34. The number of benzene rings is 1. The van der Waals surface area contributed by atoms with Crippen LogP contribution in [0.5, 0.6) is 5.75 Å². The molecule has 0 spiro atoms. The molecule has 0 saturated heterocycles. The van der Waals surface area contributed by atoms with E-state index in [1.165, 1.54) is 31.4 Å². The minimum absolute atomic E-state index is 0.213. The first kappa shape index (κ1) is 14.7. The first-order chi connectivity index (χ1) is 8.37. The molecule has 0 fully saturated rings. The third kappa shape index (κ3) is 4.14. The summed E-state index contributed by atoms with van der Waals surface area (Å²) in [5, 5.41) is -1.43. The van der Waals surface area contributed by atoms with Crippen LogP contribution in [0.25, 0.3) is 0 Å². The molecule has 0 bridgehead atoms. The normalized spacial score (nSPS) is 12.9. The van der Waals surface area contributed by atoms with E-state index in [1.807, 2.05) is 0 Å². The minimum atomic E-state index is -4.52. The Morgan fingerprint density at radius 3 is 2.17 bits per heavy atom. The number of carbonyl (C=O) groups is 1. The summed E-state index contributed by atoms with van der Waals surface area (Å²) in [5.74, 6) is -0.443. The van der Waals surface area contributed by atoms with Gasteiger partial charge in [0.25, 0.3) is 0 Å². The smallest absolute Gasteiger partial charge is 0.442 e. The highest BCUT2D eigenvalue weighted by atomic mass is 32.2. The van der Waals surface area contributed by atoms with Gasteiger partial charge in [0.05, 0.1) is 14.2 Å². The number of ether oxygens (including phenoxy) is 2. The molecule has 0 saturated carbocycles. The summed E-state index contributed by atoms with van der Waals surface area (Å²) < 4.78 is 46.4. The van der Waals surface area contributed by atoms with Gasteiger partial charge in [-0.1, -0.05) is 12.1 Å². The molecule has 0 aliphatic rings. The first-order valence-electron chi connectivity index (χ1n) is 4.83. The predicted molar refractivity (Wildman–Crippen MR) is 61.4 cm³/mol.